The molecule has 0 spiro atoms. The van der Waals surface area contributed by atoms with Crippen molar-refractivity contribution >= 4 is 34.1 Å². The van der Waals surface area contributed by atoms with E-state index in [2.05, 4.69) is 46.4 Å². The highest BCUT2D eigenvalue weighted by molar-refractivity contribution is 6.32. The molecule has 1 aliphatic carbocycles. The van der Waals surface area contributed by atoms with Crippen LogP contribution in [-0.2, 0) is 12.8 Å². The molecular formula is C25H23ClFN5O. The van der Waals surface area contributed by atoms with E-state index in [1.807, 2.05) is 13.0 Å². The molecule has 0 saturated heterocycles. The van der Waals surface area contributed by atoms with Crippen LogP contribution in [-0.4, -0.2) is 39.6 Å². The number of para-hydroxylation sites is 1. The number of nitrogens with zero attached hydrogens (tertiary/aromatic N) is 4. The van der Waals surface area contributed by atoms with Gasteiger partial charge in [0.15, 0.2) is 0 Å². The lowest BCUT2D eigenvalue weighted by Crippen LogP contribution is -2.27. The van der Waals surface area contributed by atoms with E-state index >= 15 is 0 Å². The van der Waals surface area contributed by atoms with Crippen molar-refractivity contribution in [1.29, 1.82) is 0 Å². The summed E-state index contributed by atoms with van der Waals surface area (Å²) in [4.78, 5) is 24.3. The van der Waals surface area contributed by atoms with Crippen LogP contribution < -0.4 is 10.9 Å². The summed E-state index contributed by atoms with van der Waals surface area (Å²) in [7, 11) is 4.21. The van der Waals surface area contributed by atoms with Crippen LogP contribution in [0.15, 0.2) is 53.6 Å². The molecule has 6 nitrogen and oxygen atoms in total. The first-order valence-electron chi connectivity index (χ1n) is 10.7. The van der Waals surface area contributed by atoms with Gasteiger partial charge in [-0.25, -0.2) is 14.4 Å². The number of pyridine rings is 1. The molecule has 1 aliphatic rings. The molecule has 8 heteroatoms. The van der Waals surface area contributed by atoms with Gasteiger partial charge in [-0.2, -0.15) is 0 Å². The molecule has 0 fully saturated rings. The Hall–Kier alpha value is -3.29. The van der Waals surface area contributed by atoms with Gasteiger partial charge in [-0.3, -0.25) is 9.36 Å². The predicted molar refractivity (Wildman–Crippen MR) is 129 cm³/mol. The SMILES string of the molecule is Cc1cn(-c2c(F)cccc2Cl)c(=O)c2cnc(Nc3ccc4c(c3)CC(N(C)C)C4)nc12. The molecule has 5 rings (SSSR count). The van der Waals surface area contributed by atoms with E-state index in [-0.39, 0.29) is 10.7 Å². The van der Waals surface area contributed by atoms with Crippen LogP contribution in [0.5, 0.6) is 0 Å². The molecule has 4 aromatic rings. The van der Waals surface area contributed by atoms with Crippen LogP contribution in [0.25, 0.3) is 16.6 Å². The van der Waals surface area contributed by atoms with Crippen LogP contribution in [0.1, 0.15) is 16.7 Å². The lowest BCUT2D eigenvalue weighted by atomic mass is 10.1. The average Bonchev–Trinajstić information content (AvgIpc) is 3.21. The number of rotatable bonds is 4. The largest absolute Gasteiger partial charge is 0.324 e. The second kappa shape index (κ2) is 8.24. The fraction of sp³-hybridized carbons (Fsp3) is 0.240. The number of likely N-dealkylation sites (N-methyl/N-ethyl adjacent to an activating group) is 1. The first-order chi connectivity index (χ1) is 15.8. The maximum absolute atomic E-state index is 14.4. The molecule has 33 heavy (non-hydrogen) atoms. The van der Waals surface area contributed by atoms with E-state index in [4.69, 9.17) is 11.6 Å². The smallest absolute Gasteiger partial charge is 0.266 e. The third-order valence-electron chi connectivity index (χ3n) is 6.22. The summed E-state index contributed by atoms with van der Waals surface area (Å²) < 4.78 is 15.6. The van der Waals surface area contributed by atoms with Gasteiger partial charge in [0.2, 0.25) is 5.95 Å². The monoisotopic (exact) mass is 463 g/mol. The number of aryl methyl sites for hydroxylation is 1. The van der Waals surface area contributed by atoms with E-state index in [0.29, 0.717) is 28.5 Å². The Morgan fingerprint density at radius 2 is 1.97 bits per heavy atom. The van der Waals surface area contributed by atoms with Gasteiger partial charge >= 0.3 is 0 Å². The molecule has 1 atom stereocenters. The van der Waals surface area contributed by atoms with Crippen molar-refractivity contribution in [3.63, 3.8) is 0 Å². The zero-order chi connectivity index (χ0) is 23.3. The highest BCUT2D eigenvalue weighted by Gasteiger charge is 2.23. The lowest BCUT2D eigenvalue weighted by Gasteiger charge is -2.17. The van der Waals surface area contributed by atoms with E-state index in [9.17, 15) is 9.18 Å². The Kier molecular flexibility index (Phi) is 5.38. The summed E-state index contributed by atoms with van der Waals surface area (Å²) in [6, 6.07) is 11.1. The van der Waals surface area contributed by atoms with Crippen molar-refractivity contribution in [2.45, 2.75) is 25.8 Å². The minimum Gasteiger partial charge on any atom is -0.324 e. The van der Waals surface area contributed by atoms with Gasteiger partial charge in [0.05, 0.1) is 15.9 Å². The maximum atomic E-state index is 14.4. The number of fused-ring (bicyclic) bond motifs is 2. The molecule has 2 aromatic carbocycles. The van der Waals surface area contributed by atoms with Crippen LogP contribution in [0.4, 0.5) is 16.0 Å². The number of nitrogens with one attached hydrogen (secondary N) is 1. The standard InChI is InChI=1S/C25H23ClFN5O/c1-14-13-32(23-20(26)5-4-6-21(23)27)24(33)19-12-28-25(30-22(14)19)29-17-8-7-15-10-18(31(2)3)11-16(15)9-17/h4-9,12-13,18H,10-11H2,1-3H3,(H,28,29,30). The van der Waals surface area contributed by atoms with Crippen molar-refractivity contribution in [3.05, 3.63) is 86.7 Å². The molecule has 168 valence electrons. The second-order valence-corrected chi connectivity index (χ2v) is 9.05. The molecule has 1 unspecified atom stereocenters. The summed E-state index contributed by atoms with van der Waals surface area (Å²) in [6.45, 7) is 1.82. The van der Waals surface area contributed by atoms with E-state index in [0.717, 1.165) is 18.5 Å². The van der Waals surface area contributed by atoms with Crippen LogP contribution in [0.2, 0.25) is 5.02 Å². The van der Waals surface area contributed by atoms with E-state index < -0.39 is 11.4 Å². The Morgan fingerprint density at radius 1 is 1.18 bits per heavy atom. The van der Waals surface area contributed by atoms with E-state index in [1.165, 1.54) is 34.0 Å². The normalized spacial score (nSPS) is 15.3. The summed E-state index contributed by atoms with van der Waals surface area (Å²) in [5, 5.41) is 3.71. The molecule has 0 amide bonds. The second-order valence-electron chi connectivity index (χ2n) is 8.65. The third kappa shape index (κ3) is 3.87. The first-order valence-corrected chi connectivity index (χ1v) is 11.1. The minimum absolute atomic E-state index is 0.0190. The van der Waals surface area contributed by atoms with Gasteiger partial charge in [-0.1, -0.05) is 23.7 Å². The van der Waals surface area contributed by atoms with E-state index in [1.54, 1.807) is 12.3 Å². The quantitative estimate of drug-likeness (QED) is 0.477. The third-order valence-corrected chi connectivity index (χ3v) is 6.52. The highest BCUT2D eigenvalue weighted by Crippen LogP contribution is 2.29. The zero-order valence-electron chi connectivity index (χ0n) is 18.6. The molecule has 0 saturated carbocycles. The van der Waals surface area contributed by atoms with Crippen molar-refractivity contribution in [2.75, 3.05) is 19.4 Å². The zero-order valence-corrected chi connectivity index (χ0v) is 19.3. The molecular weight excluding hydrogens is 441 g/mol. The number of halogens is 2. The Labute approximate surface area is 195 Å². The van der Waals surface area contributed by atoms with Crippen molar-refractivity contribution in [1.82, 2.24) is 19.4 Å². The minimum atomic E-state index is -0.573. The van der Waals surface area contributed by atoms with Gasteiger partial charge in [0.1, 0.15) is 11.5 Å². The topological polar surface area (TPSA) is 63.1 Å². The number of benzene rings is 2. The van der Waals surface area contributed by atoms with Crippen LogP contribution in [0, 0.1) is 12.7 Å². The Balaban J connectivity index is 1.50. The number of hydrogen-bond acceptors (Lipinski definition) is 5. The Bertz CT molecular complexity index is 1430. The predicted octanol–water partition coefficient (Wildman–Crippen LogP) is 4.65. The molecule has 2 aromatic heterocycles. The van der Waals surface area contributed by atoms with Gasteiger partial charge < -0.3 is 10.2 Å². The Morgan fingerprint density at radius 3 is 2.73 bits per heavy atom. The van der Waals surface area contributed by atoms with Gasteiger partial charge in [0.25, 0.3) is 5.56 Å². The number of anilines is 2. The molecule has 0 bridgehead atoms. The van der Waals surface area contributed by atoms with Crippen molar-refractivity contribution in [3.8, 4) is 5.69 Å². The highest BCUT2D eigenvalue weighted by atomic mass is 35.5. The summed E-state index contributed by atoms with van der Waals surface area (Å²) in [5.74, 6) is -0.176. The first kappa shape index (κ1) is 21.6. The summed E-state index contributed by atoms with van der Waals surface area (Å²) >= 11 is 6.18. The maximum Gasteiger partial charge on any atom is 0.266 e. The fourth-order valence-electron chi connectivity index (χ4n) is 4.39. The summed E-state index contributed by atoms with van der Waals surface area (Å²) in [6.07, 6.45) is 5.09. The van der Waals surface area contributed by atoms with Crippen LogP contribution in [0.3, 0.4) is 0 Å². The number of aromatic nitrogens is 3. The summed E-state index contributed by atoms with van der Waals surface area (Å²) in [5.41, 5.74) is 4.39. The average molecular weight is 464 g/mol. The fourth-order valence-corrected chi connectivity index (χ4v) is 4.65. The van der Waals surface area contributed by atoms with Gasteiger partial charge in [0, 0.05) is 24.1 Å². The van der Waals surface area contributed by atoms with Crippen LogP contribution >= 0.6 is 11.6 Å². The van der Waals surface area contributed by atoms with Gasteiger partial charge in [-0.15, -0.1) is 0 Å². The lowest BCUT2D eigenvalue weighted by molar-refractivity contribution is 0.303. The number of hydrogen-bond donors (Lipinski definition) is 1. The van der Waals surface area contributed by atoms with Crippen molar-refractivity contribution in [2.24, 2.45) is 0 Å². The molecule has 0 aliphatic heterocycles. The van der Waals surface area contributed by atoms with Gasteiger partial charge in [-0.05, 0) is 74.8 Å². The molecule has 0 radical (unpaired) electrons. The molecule has 1 N–H and O–H groups in total. The molecule has 2 heterocycles. The van der Waals surface area contributed by atoms with Crippen molar-refractivity contribution < 1.29 is 4.39 Å².